The van der Waals surface area contributed by atoms with Gasteiger partial charge in [-0.1, -0.05) is 0 Å². The molecule has 0 spiro atoms. The van der Waals surface area contributed by atoms with Crippen LogP contribution in [0.1, 0.15) is 12.8 Å². The first-order valence-electron chi connectivity index (χ1n) is 5.46. The summed E-state index contributed by atoms with van der Waals surface area (Å²) in [5.41, 5.74) is 0. The number of carbonyl (C=O) groups is 1. The summed E-state index contributed by atoms with van der Waals surface area (Å²) in [6.07, 6.45) is 1.32. The minimum atomic E-state index is -0.242. The average molecular weight is 235 g/mol. The van der Waals surface area contributed by atoms with E-state index in [0.717, 1.165) is 45.7 Å². The van der Waals surface area contributed by atoms with Gasteiger partial charge in [-0.05, 0) is 24.6 Å². The highest BCUT2D eigenvalue weighted by Crippen LogP contribution is 2.04. The van der Waals surface area contributed by atoms with Crippen LogP contribution in [0.4, 0.5) is 0 Å². The van der Waals surface area contributed by atoms with Crippen molar-refractivity contribution < 1.29 is 9.90 Å². The molecule has 1 aliphatic heterocycles. The predicted octanol–water partition coefficient (Wildman–Crippen LogP) is 0.142. The third kappa shape index (κ3) is 5.47. The van der Waals surface area contributed by atoms with Crippen molar-refractivity contribution in [1.82, 2.24) is 9.80 Å². The average Bonchev–Trinajstić information content (AvgIpc) is 2.20. The molecule has 0 unspecified atom stereocenters. The number of nitrogens with zero attached hydrogens (tertiary/aromatic N) is 2. The lowest BCUT2D eigenvalue weighted by atomic mass is 10.2. The van der Waals surface area contributed by atoms with Gasteiger partial charge in [0.2, 0.25) is 5.24 Å². The summed E-state index contributed by atoms with van der Waals surface area (Å²) in [4.78, 5) is 15.1. The van der Waals surface area contributed by atoms with Crippen LogP contribution >= 0.6 is 11.6 Å². The van der Waals surface area contributed by atoms with Gasteiger partial charge in [0.15, 0.2) is 0 Å². The second-order valence-corrected chi connectivity index (χ2v) is 4.29. The van der Waals surface area contributed by atoms with Gasteiger partial charge in [0.05, 0.1) is 6.61 Å². The highest BCUT2D eigenvalue weighted by molar-refractivity contribution is 6.63. The van der Waals surface area contributed by atoms with Crippen LogP contribution in [0.3, 0.4) is 0 Å². The number of rotatable bonds is 6. The maximum Gasteiger partial charge on any atom is 0.221 e. The van der Waals surface area contributed by atoms with Crippen LogP contribution in [0.15, 0.2) is 0 Å². The molecule has 0 amide bonds. The van der Waals surface area contributed by atoms with E-state index in [9.17, 15) is 4.79 Å². The van der Waals surface area contributed by atoms with E-state index in [-0.39, 0.29) is 11.8 Å². The molecule has 15 heavy (non-hydrogen) atoms. The van der Waals surface area contributed by atoms with Crippen molar-refractivity contribution in [2.45, 2.75) is 12.8 Å². The number of hydrogen-bond acceptors (Lipinski definition) is 4. The molecule has 0 radical (unpaired) electrons. The Morgan fingerprint density at radius 3 is 2.13 bits per heavy atom. The fourth-order valence-corrected chi connectivity index (χ4v) is 1.95. The molecule has 1 fully saturated rings. The van der Waals surface area contributed by atoms with Crippen molar-refractivity contribution >= 4 is 16.8 Å². The molecule has 0 aromatic heterocycles. The molecule has 88 valence electrons. The van der Waals surface area contributed by atoms with Crippen LogP contribution in [0, 0.1) is 0 Å². The smallest absolute Gasteiger partial charge is 0.221 e. The molecule has 0 saturated carbocycles. The molecule has 5 heteroatoms. The zero-order valence-electron chi connectivity index (χ0n) is 8.99. The van der Waals surface area contributed by atoms with E-state index in [4.69, 9.17) is 16.7 Å². The van der Waals surface area contributed by atoms with Gasteiger partial charge >= 0.3 is 0 Å². The van der Waals surface area contributed by atoms with Crippen molar-refractivity contribution in [2.24, 2.45) is 0 Å². The molecule has 0 atom stereocenters. The number of piperazine rings is 1. The fraction of sp³-hybridized carbons (Fsp3) is 0.900. The second kappa shape index (κ2) is 7.17. The van der Waals surface area contributed by atoms with Crippen molar-refractivity contribution in [2.75, 3.05) is 45.9 Å². The van der Waals surface area contributed by atoms with Crippen molar-refractivity contribution in [1.29, 1.82) is 0 Å². The Kier molecular flexibility index (Phi) is 6.17. The normalized spacial score (nSPS) is 19.3. The molecule has 1 saturated heterocycles. The van der Waals surface area contributed by atoms with Crippen LogP contribution in [-0.2, 0) is 4.79 Å². The van der Waals surface area contributed by atoms with Crippen molar-refractivity contribution in [3.8, 4) is 0 Å². The Labute approximate surface area is 95.8 Å². The van der Waals surface area contributed by atoms with Crippen molar-refractivity contribution in [3.05, 3.63) is 0 Å². The fourth-order valence-electron chi connectivity index (χ4n) is 1.82. The number of hydrogen-bond donors (Lipinski definition) is 1. The lowest BCUT2D eigenvalue weighted by Crippen LogP contribution is -2.47. The second-order valence-electron chi connectivity index (χ2n) is 3.87. The first-order chi connectivity index (χ1) is 7.22. The van der Waals surface area contributed by atoms with Crippen molar-refractivity contribution in [3.63, 3.8) is 0 Å². The van der Waals surface area contributed by atoms with E-state index in [0.29, 0.717) is 6.42 Å². The van der Waals surface area contributed by atoms with Gasteiger partial charge in [0.1, 0.15) is 0 Å². The summed E-state index contributed by atoms with van der Waals surface area (Å²) >= 11 is 5.27. The van der Waals surface area contributed by atoms with Gasteiger partial charge in [0.25, 0.3) is 0 Å². The maximum atomic E-state index is 10.5. The molecule has 0 aliphatic carbocycles. The zero-order chi connectivity index (χ0) is 11.1. The predicted molar refractivity (Wildman–Crippen MR) is 60.1 cm³/mol. The maximum absolute atomic E-state index is 10.5. The van der Waals surface area contributed by atoms with Gasteiger partial charge in [-0.2, -0.15) is 0 Å². The van der Waals surface area contributed by atoms with E-state index in [2.05, 4.69) is 9.80 Å². The summed E-state index contributed by atoms with van der Waals surface area (Å²) in [5, 5.41) is 8.54. The molecule has 0 bridgehead atoms. The Hall–Kier alpha value is -0.160. The van der Waals surface area contributed by atoms with Gasteiger partial charge < -0.3 is 10.0 Å². The summed E-state index contributed by atoms with van der Waals surface area (Å²) in [6.45, 7) is 6.03. The first kappa shape index (κ1) is 12.9. The molecule has 1 rings (SSSR count). The minimum Gasteiger partial charge on any atom is -0.395 e. The Bertz CT molecular complexity index is 194. The summed E-state index contributed by atoms with van der Waals surface area (Å²) < 4.78 is 0. The summed E-state index contributed by atoms with van der Waals surface area (Å²) in [6, 6.07) is 0. The minimum absolute atomic E-state index is 0.237. The van der Waals surface area contributed by atoms with Crippen LogP contribution in [0.25, 0.3) is 0 Å². The van der Waals surface area contributed by atoms with Gasteiger partial charge in [-0.15, -0.1) is 0 Å². The Balaban J connectivity index is 2.06. The largest absolute Gasteiger partial charge is 0.395 e. The zero-order valence-corrected chi connectivity index (χ0v) is 9.75. The third-order valence-electron chi connectivity index (χ3n) is 2.73. The topological polar surface area (TPSA) is 43.8 Å². The number of halogens is 1. The summed E-state index contributed by atoms with van der Waals surface area (Å²) in [5.74, 6) is 0. The molecule has 1 heterocycles. The number of aliphatic hydroxyl groups excluding tert-OH is 1. The molecule has 1 N–H and O–H groups in total. The monoisotopic (exact) mass is 234 g/mol. The van der Waals surface area contributed by atoms with Crippen LogP contribution in [0.2, 0.25) is 0 Å². The van der Waals surface area contributed by atoms with Crippen LogP contribution < -0.4 is 0 Å². The SMILES string of the molecule is O=C(Cl)CCCN1CCN(CCO)CC1. The van der Waals surface area contributed by atoms with Gasteiger partial charge in [-0.25, -0.2) is 0 Å². The third-order valence-corrected chi connectivity index (χ3v) is 2.92. The van der Waals surface area contributed by atoms with E-state index in [1.807, 2.05) is 0 Å². The molecular formula is C10H19ClN2O2. The summed E-state index contributed by atoms with van der Waals surface area (Å²) in [7, 11) is 0. The molecule has 4 nitrogen and oxygen atoms in total. The highest BCUT2D eigenvalue weighted by atomic mass is 35.5. The van der Waals surface area contributed by atoms with Gasteiger partial charge in [0, 0.05) is 39.1 Å². The lowest BCUT2D eigenvalue weighted by molar-refractivity contribution is -0.111. The molecular weight excluding hydrogens is 216 g/mol. The number of aliphatic hydroxyl groups is 1. The molecule has 0 aromatic rings. The van der Waals surface area contributed by atoms with E-state index in [1.54, 1.807) is 0 Å². The van der Waals surface area contributed by atoms with E-state index >= 15 is 0 Å². The lowest BCUT2D eigenvalue weighted by Gasteiger charge is -2.34. The van der Waals surface area contributed by atoms with E-state index in [1.165, 1.54) is 0 Å². The van der Waals surface area contributed by atoms with E-state index < -0.39 is 0 Å². The molecule has 1 aliphatic rings. The molecule has 0 aromatic carbocycles. The number of β-amino-alcohol motifs (C(OH)–C–C–N with tert-alkyl or cyclic N) is 1. The Morgan fingerprint density at radius 1 is 1.13 bits per heavy atom. The standard InChI is InChI=1S/C10H19ClN2O2/c11-10(15)2-1-3-12-4-6-13(7-5-12)8-9-14/h14H,1-9H2. The number of carbonyl (C=O) groups excluding carboxylic acids is 1. The Morgan fingerprint density at radius 2 is 1.67 bits per heavy atom. The van der Waals surface area contributed by atoms with Crippen LogP contribution in [0.5, 0.6) is 0 Å². The van der Waals surface area contributed by atoms with Crippen LogP contribution in [-0.4, -0.2) is 66.0 Å². The quantitative estimate of drug-likeness (QED) is 0.665. The van der Waals surface area contributed by atoms with Gasteiger partial charge in [-0.3, -0.25) is 9.69 Å². The first-order valence-corrected chi connectivity index (χ1v) is 5.84. The highest BCUT2D eigenvalue weighted by Gasteiger charge is 2.15.